The molecule has 6 heteroatoms. The van der Waals surface area contributed by atoms with Crippen molar-refractivity contribution in [3.8, 4) is 0 Å². The van der Waals surface area contributed by atoms with Crippen molar-refractivity contribution in [1.29, 1.82) is 0 Å². The van der Waals surface area contributed by atoms with Crippen LogP contribution in [-0.2, 0) is 9.84 Å². The number of nitrogens with one attached hydrogen (secondary N) is 1. The standard InChI is InChI=1S/C15H15Cl2NO2S/c1-10(18-15-9-12(16)5-8-14(15)17)11-3-6-13(7-4-11)21(2,19)20/h3-10,18H,1-2H3. The Hall–Kier alpha value is -1.23. The summed E-state index contributed by atoms with van der Waals surface area (Å²) in [4.78, 5) is 0.305. The number of hydrogen-bond donors (Lipinski definition) is 1. The monoisotopic (exact) mass is 343 g/mol. The average molecular weight is 344 g/mol. The van der Waals surface area contributed by atoms with Gasteiger partial charge in [-0.05, 0) is 42.8 Å². The molecule has 0 aliphatic heterocycles. The molecule has 0 amide bonds. The smallest absolute Gasteiger partial charge is 0.175 e. The SMILES string of the molecule is CC(Nc1cc(Cl)ccc1Cl)c1ccc(S(C)(=O)=O)cc1. The predicted molar refractivity (Wildman–Crippen MR) is 88.1 cm³/mol. The first-order valence-corrected chi connectivity index (χ1v) is 8.94. The lowest BCUT2D eigenvalue weighted by molar-refractivity contribution is 0.602. The number of benzene rings is 2. The highest BCUT2D eigenvalue weighted by Gasteiger charge is 2.11. The second kappa shape index (κ2) is 6.26. The van der Waals surface area contributed by atoms with Crippen LogP contribution in [0.25, 0.3) is 0 Å². The van der Waals surface area contributed by atoms with Gasteiger partial charge in [0, 0.05) is 17.3 Å². The fourth-order valence-corrected chi connectivity index (χ4v) is 2.90. The van der Waals surface area contributed by atoms with Crippen LogP contribution in [0.3, 0.4) is 0 Å². The first-order valence-electron chi connectivity index (χ1n) is 6.29. The molecule has 21 heavy (non-hydrogen) atoms. The first-order chi connectivity index (χ1) is 9.77. The Kier molecular flexibility index (Phi) is 4.81. The van der Waals surface area contributed by atoms with Crippen molar-refractivity contribution in [2.24, 2.45) is 0 Å². The van der Waals surface area contributed by atoms with E-state index in [0.717, 1.165) is 11.3 Å². The molecule has 1 unspecified atom stereocenters. The maximum absolute atomic E-state index is 11.4. The van der Waals surface area contributed by atoms with Gasteiger partial charge in [0.1, 0.15) is 0 Å². The van der Waals surface area contributed by atoms with Crippen LogP contribution in [0.4, 0.5) is 5.69 Å². The highest BCUT2D eigenvalue weighted by Crippen LogP contribution is 2.29. The van der Waals surface area contributed by atoms with Crippen molar-refractivity contribution in [1.82, 2.24) is 0 Å². The number of halogens is 2. The van der Waals surface area contributed by atoms with E-state index in [9.17, 15) is 8.42 Å². The van der Waals surface area contributed by atoms with Gasteiger partial charge in [-0.15, -0.1) is 0 Å². The lowest BCUT2D eigenvalue weighted by Gasteiger charge is -2.17. The Morgan fingerprint density at radius 1 is 1.05 bits per heavy atom. The molecule has 0 bridgehead atoms. The van der Waals surface area contributed by atoms with Crippen LogP contribution in [0.15, 0.2) is 47.4 Å². The van der Waals surface area contributed by atoms with E-state index >= 15 is 0 Å². The van der Waals surface area contributed by atoms with Crippen molar-refractivity contribution < 1.29 is 8.42 Å². The molecular weight excluding hydrogens is 329 g/mol. The summed E-state index contributed by atoms with van der Waals surface area (Å²) in [5.41, 5.74) is 1.70. The van der Waals surface area contributed by atoms with E-state index in [1.807, 2.05) is 6.92 Å². The van der Waals surface area contributed by atoms with E-state index in [4.69, 9.17) is 23.2 Å². The van der Waals surface area contributed by atoms with Gasteiger partial charge in [0.25, 0.3) is 0 Å². The molecule has 0 saturated carbocycles. The average Bonchev–Trinajstić information content (AvgIpc) is 2.42. The highest BCUT2D eigenvalue weighted by atomic mass is 35.5. The van der Waals surface area contributed by atoms with Crippen molar-refractivity contribution in [2.45, 2.75) is 17.9 Å². The van der Waals surface area contributed by atoms with E-state index < -0.39 is 9.84 Å². The van der Waals surface area contributed by atoms with Gasteiger partial charge in [0.05, 0.1) is 15.6 Å². The minimum absolute atomic E-state index is 0.0328. The maximum Gasteiger partial charge on any atom is 0.175 e. The predicted octanol–water partition coefficient (Wildman–Crippen LogP) is 4.57. The Morgan fingerprint density at radius 3 is 2.24 bits per heavy atom. The second-order valence-electron chi connectivity index (χ2n) is 4.83. The van der Waals surface area contributed by atoms with Gasteiger partial charge >= 0.3 is 0 Å². The van der Waals surface area contributed by atoms with E-state index in [0.29, 0.717) is 14.9 Å². The van der Waals surface area contributed by atoms with Gasteiger partial charge in [-0.25, -0.2) is 8.42 Å². The summed E-state index contributed by atoms with van der Waals surface area (Å²) in [6.45, 7) is 1.96. The van der Waals surface area contributed by atoms with E-state index in [1.165, 1.54) is 6.26 Å². The maximum atomic E-state index is 11.4. The number of rotatable bonds is 4. The van der Waals surface area contributed by atoms with Crippen LogP contribution in [0.2, 0.25) is 10.0 Å². The zero-order valence-electron chi connectivity index (χ0n) is 11.6. The molecule has 1 N–H and O–H groups in total. The molecule has 3 nitrogen and oxygen atoms in total. The van der Waals surface area contributed by atoms with Gasteiger partial charge in [-0.1, -0.05) is 35.3 Å². The minimum Gasteiger partial charge on any atom is -0.377 e. The van der Waals surface area contributed by atoms with Crippen LogP contribution in [0.1, 0.15) is 18.5 Å². The first kappa shape index (κ1) is 16.1. The van der Waals surface area contributed by atoms with Gasteiger partial charge < -0.3 is 5.32 Å². The van der Waals surface area contributed by atoms with E-state index in [1.54, 1.807) is 42.5 Å². The highest BCUT2D eigenvalue weighted by molar-refractivity contribution is 7.90. The Labute approximate surface area is 134 Å². The summed E-state index contributed by atoms with van der Waals surface area (Å²) in [6.07, 6.45) is 1.19. The molecule has 0 radical (unpaired) electrons. The molecule has 2 rings (SSSR count). The molecule has 112 valence electrons. The number of hydrogen-bond acceptors (Lipinski definition) is 3. The van der Waals surface area contributed by atoms with Crippen molar-refractivity contribution in [2.75, 3.05) is 11.6 Å². The number of sulfone groups is 1. The zero-order chi connectivity index (χ0) is 15.6. The topological polar surface area (TPSA) is 46.2 Å². The molecule has 0 heterocycles. The van der Waals surface area contributed by atoms with Gasteiger partial charge in [0.2, 0.25) is 0 Å². The summed E-state index contributed by atoms with van der Waals surface area (Å²) in [5, 5.41) is 4.44. The van der Waals surface area contributed by atoms with Gasteiger partial charge in [-0.3, -0.25) is 0 Å². The third kappa shape index (κ3) is 4.13. The quantitative estimate of drug-likeness (QED) is 0.884. The van der Waals surface area contributed by atoms with Crippen molar-refractivity contribution in [3.05, 3.63) is 58.1 Å². The molecule has 0 fully saturated rings. The molecular formula is C15H15Cl2NO2S. The van der Waals surface area contributed by atoms with Crippen LogP contribution in [0, 0.1) is 0 Å². The third-order valence-corrected chi connectivity index (χ3v) is 4.80. The lowest BCUT2D eigenvalue weighted by Crippen LogP contribution is -2.07. The van der Waals surface area contributed by atoms with E-state index in [2.05, 4.69) is 5.32 Å². The summed E-state index contributed by atoms with van der Waals surface area (Å²) in [7, 11) is -3.18. The molecule has 2 aromatic rings. The zero-order valence-corrected chi connectivity index (χ0v) is 13.9. The summed E-state index contributed by atoms with van der Waals surface area (Å²) in [5.74, 6) is 0. The van der Waals surface area contributed by atoms with Gasteiger partial charge in [-0.2, -0.15) is 0 Å². The van der Waals surface area contributed by atoms with Crippen LogP contribution >= 0.6 is 23.2 Å². The summed E-state index contributed by atoms with van der Waals surface area (Å²) in [6, 6.07) is 11.9. The van der Waals surface area contributed by atoms with Crippen LogP contribution in [0.5, 0.6) is 0 Å². The molecule has 0 aliphatic rings. The third-order valence-electron chi connectivity index (χ3n) is 3.11. The summed E-state index contributed by atoms with van der Waals surface area (Å²) < 4.78 is 22.9. The fourth-order valence-electron chi connectivity index (χ4n) is 1.93. The van der Waals surface area contributed by atoms with Crippen molar-refractivity contribution >= 4 is 38.7 Å². The minimum atomic E-state index is -3.18. The Morgan fingerprint density at radius 2 is 1.67 bits per heavy atom. The molecule has 0 saturated heterocycles. The molecule has 0 spiro atoms. The normalized spacial score (nSPS) is 13.0. The largest absolute Gasteiger partial charge is 0.377 e. The van der Waals surface area contributed by atoms with Crippen LogP contribution < -0.4 is 5.32 Å². The van der Waals surface area contributed by atoms with Gasteiger partial charge in [0.15, 0.2) is 9.84 Å². The fraction of sp³-hybridized carbons (Fsp3) is 0.200. The molecule has 1 atom stereocenters. The van der Waals surface area contributed by atoms with E-state index in [-0.39, 0.29) is 6.04 Å². The second-order valence-corrected chi connectivity index (χ2v) is 7.69. The molecule has 0 aliphatic carbocycles. The molecule has 0 aromatic heterocycles. The van der Waals surface area contributed by atoms with Crippen molar-refractivity contribution in [3.63, 3.8) is 0 Å². The summed E-state index contributed by atoms with van der Waals surface area (Å²) >= 11 is 12.1. The van der Waals surface area contributed by atoms with Crippen LogP contribution in [-0.4, -0.2) is 14.7 Å². The Balaban J connectivity index is 2.20. The lowest BCUT2D eigenvalue weighted by atomic mass is 10.1. The Bertz CT molecular complexity index is 743. The number of anilines is 1. The molecule has 2 aromatic carbocycles.